The van der Waals surface area contributed by atoms with Crippen LogP contribution in [-0.2, 0) is 28.5 Å². The second-order valence-electron chi connectivity index (χ2n) is 9.05. The summed E-state index contributed by atoms with van der Waals surface area (Å²) in [5.74, 6) is -0.999. The van der Waals surface area contributed by atoms with Gasteiger partial charge in [0, 0.05) is 11.1 Å². The van der Waals surface area contributed by atoms with Crippen molar-refractivity contribution in [1.29, 1.82) is 0 Å². The van der Waals surface area contributed by atoms with Crippen LogP contribution in [0.2, 0.25) is 0 Å². The number of nitrogens with one attached hydrogen (secondary N) is 2. The summed E-state index contributed by atoms with van der Waals surface area (Å²) < 4.78 is 19.7. The molecular weight excluding hydrogens is 432 g/mol. The maximum absolute atomic E-state index is 12.1. The van der Waals surface area contributed by atoms with Crippen LogP contribution in [0.15, 0.2) is 24.3 Å². The van der Waals surface area contributed by atoms with Gasteiger partial charge in [-0.25, -0.2) is 19.2 Å². The van der Waals surface area contributed by atoms with Crippen LogP contribution < -0.4 is 10.6 Å². The third-order valence-corrected chi connectivity index (χ3v) is 3.98. The molecule has 0 spiro atoms. The summed E-state index contributed by atoms with van der Waals surface area (Å²) in [6.45, 7) is 17.7. The maximum atomic E-state index is 12.1. The number of carbonyl (C=O) groups is 4. The molecule has 0 aliphatic rings. The third-order valence-electron chi connectivity index (χ3n) is 3.98. The van der Waals surface area contributed by atoms with E-state index in [9.17, 15) is 19.2 Å². The molecule has 2 N–H and O–H groups in total. The lowest BCUT2D eigenvalue weighted by molar-refractivity contribution is -0.140. The Morgan fingerprint density at radius 3 is 1.45 bits per heavy atom. The highest BCUT2D eigenvalue weighted by atomic mass is 16.6. The quantitative estimate of drug-likeness (QED) is 0.138. The molecule has 0 aromatic rings. The largest absolute Gasteiger partial charge is 0.459 e. The number of amides is 2. The van der Waals surface area contributed by atoms with E-state index >= 15 is 0 Å². The van der Waals surface area contributed by atoms with E-state index in [4.69, 9.17) is 18.9 Å². The average molecular weight is 471 g/mol. The highest BCUT2D eigenvalue weighted by Gasteiger charge is 2.23. The van der Waals surface area contributed by atoms with Gasteiger partial charge in [-0.3, -0.25) is 0 Å². The number of alkyl carbamates (subject to hydrolysis) is 2. The van der Waals surface area contributed by atoms with Crippen molar-refractivity contribution in [2.45, 2.75) is 60.5 Å². The Morgan fingerprint density at radius 2 is 1.12 bits per heavy atom. The van der Waals surface area contributed by atoms with E-state index in [2.05, 4.69) is 44.6 Å². The SMILES string of the molecule is C=C(C)C(=O)OCCOC(=O)NC(CC(C)CC(C)(C)C)NC(=O)OCCOC(=O)C(=C)C. The van der Waals surface area contributed by atoms with Gasteiger partial charge in [0.05, 0.1) is 0 Å². The fourth-order valence-corrected chi connectivity index (χ4v) is 2.84. The monoisotopic (exact) mass is 470 g/mol. The minimum absolute atomic E-state index is 0.0608. The summed E-state index contributed by atoms with van der Waals surface area (Å²) in [5.41, 5.74) is 0.541. The van der Waals surface area contributed by atoms with E-state index < -0.39 is 30.3 Å². The van der Waals surface area contributed by atoms with Crippen molar-refractivity contribution in [3.8, 4) is 0 Å². The first-order valence-corrected chi connectivity index (χ1v) is 10.7. The van der Waals surface area contributed by atoms with Gasteiger partial charge in [-0.05, 0) is 38.0 Å². The summed E-state index contributed by atoms with van der Waals surface area (Å²) in [6, 6.07) is 0. The topological polar surface area (TPSA) is 129 Å². The van der Waals surface area contributed by atoms with Gasteiger partial charge in [-0.15, -0.1) is 0 Å². The van der Waals surface area contributed by atoms with Crippen LogP contribution in [0.4, 0.5) is 9.59 Å². The maximum Gasteiger partial charge on any atom is 0.408 e. The van der Waals surface area contributed by atoms with Crippen LogP contribution in [0.1, 0.15) is 54.4 Å². The molecule has 0 aliphatic carbocycles. The molecule has 33 heavy (non-hydrogen) atoms. The molecule has 0 radical (unpaired) electrons. The molecule has 1 atom stereocenters. The van der Waals surface area contributed by atoms with E-state index in [1.807, 2.05) is 6.92 Å². The standard InChI is InChI=1S/C23H38N2O8/c1-15(2)19(26)30-9-11-32-21(28)24-18(13-17(5)14-23(6,7)8)25-22(29)33-12-10-31-20(27)16(3)4/h17-18H,1,3,9-14H2,2,4-8H3,(H,24,28)(H,25,29). The molecule has 0 bridgehead atoms. The zero-order valence-electron chi connectivity index (χ0n) is 20.6. The molecule has 2 amide bonds. The van der Waals surface area contributed by atoms with Crippen molar-refractivity contribution in [3.63, 3.8) is 0 Å². The lowest BCUT2D eigenvalue weighted by Crippen LogP contribution is -2.49. The molecule has 10 heteroatoms. The van der Waals surface area contributed by atoms with Crippen LogP contribution in [0.5, 0.6) is 0 Å². The zero-order valence-corrected chi connectivity index (χ0v) is 20.6. The van der Waals surface area contributed by atoms with Crippen molar-refractivity contribution < 1.29 is 38.1 Å². The van der Waals surface area contributed by atoms with Crippen LogP contribution in [0.25, 0.3) is 0 Å². The molecule has 0 heterocycles. The van der Waals surface area contributed by atoms with Crippen LogP contribution in [0.3, 0.4) is 0 Å². The van der Waals surface area contributed by atoms with Gasteiger partial charge in [0.15, 0.2) is 0 Å². The highest BCUT2D eigenvalue weighted by Crippen LogP contribution is 2.26. The minimum Gasteiger partial charge on any atom is -0.459 e. The summed E-state index contributed by atoms with van der Waals surface area (Å²) in [7, 11) is 0. The fourth-order valence-electron chi connectivity index (χ4n) is 2.84. The molecule has 0 fully saturated rings. The molecular formula is C23H38N2O8. The predicted octanol–water partition coefficient (Wildman–Crippen LogP) is 3.47. The van der Waals surface area contributed by atoms with Crippen LogP contribution in [0, 0.1) is 11.3 Å². The first-order valence-electron chi connectivity index (χ1n) is 10.7. The molecule has 0 saturated carbocycles. The van der Waals surface area contributed by atoms with E-state index in [0.29, 0.717) is 6.42 Å². The number of rotatable bonds is 13. The summed E-state index contributed by atoms with van der Waals surface area (Å²) in [4.78, 5) is 46.9. The Morgan fingerprint density at radius 1 is 0.758 bits per heavy atom. The van der Waals surface area contributed by atoms with E-state index in [1.54, 1.807) is 0 Å². The molecule has 0 rings (SSSR count). The molecule has 0 aliphatic heterocycles. The lowest BCUT2D eigenvalue weighted by Gasteiger charge is -2.27. The van der Waals surface area contributed by atoms with Gasteiger partial charge in [-0.2, -0.15) is 0 Å². The smallest absolute Gasteiger partial charge is 0.408 e. The van der Waals surface area contributed by atoms with Gasteiger partial charge < -0.3 is 29.6 Å². The Kier molecular flexibility index (Phi) is 13.5. The van der Waals surface area contributed by atoms with Gasteiger partial charge in [-0.1, -0.05) is 40.9 Å². The van der Waals surface area contributed by atoms with Crippen LogP contribution >= 0.6 is 0 Å². The van der Waals surface area contributed by atoms with Gasteiger partial charge in [0.25, 0.3) is 0 Å². The molecule has 0 aromatic carbocycles. The first kappa shape index (κ1) is 30.0. The Bertz CT molecular complexity index is 664. The van der Waals surface area contributed by atoms with Crippen LogP contribution in [-0.4, -0.2) is 56.7 Å². The second kappa shape index (κ2) is 14.9. The Balaban J connectivity index is 4.70. The summed E-state index contributed by atoms with van der Waals surface area (Å²) in [6.07, 6.45) is -1.06. The van der Waals surface area contributed by atoms with Gasteiger partial charge in [0.1, 0.15) is 32.6 Å². The number of carbonyl (C=O) groups excluding carboxylic acids is 4. The van der Waals surface area contributed by atoms with Crippen molar-refractivity contribution in [3.05, 3.63) is 24.3 Å². The molecule has 188 valence electrons. The molecule has 0 saturated heterocycles. The fraction of sp³-hybridized carbons (Fsp3) is 0.652. The third kappa shape index (κ3) is 16.3. The Labute approximate surface area is 196 Å². The lowest BCUT2D eigenvalue weighted by atomic mass is 9.84. The highest BCUT2D eigenvalue weighted by molar-refractivity contribution is 5.87. The average Bonchev–Trinajstić information content (AvgIpc) is 2.66. The number of hydrogen-bond donors (Lipinski definition) is 2. The molecule has 0 aromatic heterocycles. The normalized spacial score (nSPS) is 11.7. The summed E-state index contributed by atoms with van der Waals surface area (Å²) >= 11 is 0. The predicted molar refractivity (Wildman–Crippen MR) is 122 cm³/mol. The molecule has 1 unspecified atom stereocenters. The zero-order chi connectivity index (χ0) is 25.6. The number of esters is 2. The van der Waals surface area contributed by atoms with Crippen molar-refractivity contribution in [2.24, 2.45) is 11.3 Å². The first-order chi connectivity index (χ1) is 15.2. The van der Waals surface area contributed by atoms with E-state index in [1.165, 1.54) is 13.8 Å². The van der Waals surface area contributed by atoms with E-state index in [-0.39, 0.29) is 48.9 Å². The minimum atomic E-state index is -0.787. The Hall–Kier alpha value is -3.04. The summed E-state index contributed by atoms with van der Waals surface area (Å²) in [5, 5.41) is 5.14. The molecule has 10 nitrogen and oxygen atoms in total. The van der Waals surface area contributed by atoms with Gasteiger partial charge in [0.2, 0.25) is 0 Å². The van der Waals surface area contributed by atoms with E-state index in [0.717, 1.165) is 6.42 Å². The number of ether oxygens (including phenoxy) is 4. The van der Waals surface area contributed by atoms with Crippen molar-refractivity contribution in [2.75, 3.05) is 26.4 Å². The second-order valence-corrected chi connectivity index (χ2v) is 9.05. The number of hydrogen-bond acceptors (Lipinski definition) is 8. The van der Waals surface area contributed by atoms with Crippen molar-refractivity contribution in [1.82, 2.24) is 10.6 Å². The van der Waals surface area contributed by atoms with Crippen molar-refractivity contribution >= 4 is 24.1 Å². The van der Waals surface area contributed by atoms with Gasteiger partial charge >= 0.3 is 24.1 Å².